The summed E-state index contributed by atoms with van der Waals surface area (Å²) in [7, 11) is 0. The number of hydrogen-bond donors (Lipinski definition) is 3. The largest absolute Gasteiger partial charge is 0.387 e. The Labute approximate surface area is 78.2 Å². The second-order valence-corrected chi connectivity index (χ2v) is 3.31. The van der Waals surface area contributed by atoms with Gasteiger partial charge in [0.1, 0.15) is 0 Å². The predicted molar refractivity (Wildman–Crippen MR) is 51.3 cm³/mol. The van der Waals surface area contributed by atoms with Crippen molar-refractivity contribution in [3.05, 3.63) is 17.0 Å². The van der Waals surface area contributed by atoms with E-state index in [1.807, 2.05) is 13.8 Å². The van der Waals surface area contributed by atoms with E-state index in [0.29, 0.717) is 13.0 Å². The van der Waals surface area contributed by atoms with Crippen LogP contribution < -0.4 is 5.73 Å². The summed E-state index contributed by atoms with van der Waals surface area (Å²) in [6.45, 7) is 4.51. The molecule has 0 amide bonds. The lowest BCUT2D eigenvalue weighted by molar-refractivity contribution is 0.160. The minimum atomic E-state index is -0.478. The molecule has 13 heavy (non-hydrogen) atoms. The molecule has 1 atom stereocenters. The average Bonchev–Trinajstić information content (AvgIpc) is 2.44. The van der Waals surface area contributed by atoms with Gasteiger partial charge in [-0.1, -0.05) is 0 Å². The van der Waals surface area contributed by atoms with Crippen molar-refractivity contribution in [3.8, 4) is 0 Å². The molecule has 1 rings (SSSR count). The molecule has 4 heteroatoms. The predicted octanol–water partition coefficient (Wildman–Crippen LogP) is 0.799. The highest BCUT2D eigenvalue weighted by molar-refractivity contribution is 5.23. The summed E-state index contributed by atoms with van der Waals surface area (Å²) in [6, 6.07) is 0. The van der Waals surface area contributed by atoms with Crippen molar-refractivity contribution < 1.29 is 5.11 Å². The minimum absolute atomic E-state index is 0.478. The number of H-pyrrole nitrogens is 1. The van der Waals surface area contributed by atoms with Crippen LogP contribution in [0, 0.1) is 13.8 Å². The molecule has 0 saturated carbocycles. The number of aliphatic hydroxyl groups is 1. The first-order chi connectivity index (χ1) is 6.16. The average molecular weight is 183 g/mol. The summed E-state index contributed by atoms with van der Waals surface area (Å²) in [4.78, 5) is 0. The summed E-state index contributed by atoms with van der Waals surface area (Å²) in [5.41, 5.74) is 8.18. The molecule has 0 aliphatic carbocycles. The first-order valence-electron chi connectivity index (χ1n) is 4.56. The molecule has 4 nitrogen and oxygen atoms in total. The molecule has 0 bridgehead atoms. The topological polar surface area (TPSA) is 74.9 Å². The molecule has 1 aromatic rings. The second kappa shape index (κ2) is 4.39. The fourth-order valence-electron chi connectivity index (χ4n) is 1.28. The molecule has 74 valence electrons. The van der Waals surface area contributed by atoms with Crippen LogP contribution in [0.15, 0.2) is 0 Å². The summed E-state index contributed by atoms with van der Waals surface area (Å²) >= 11 is 0. The maximum Gasteiger partial charge on any atom is 0.0981 e. The van der Waals surface area contributed by atoms with Gasteiger partial charge in [0.05, 0.1) is 11.8 Å². The Kier molecular flexibility index (Phi) is 3.45. The third-order valence-corrected chi connectivity index (χ3v) is 2.29. The van der Waals surface area contributed by atoms with Gasteiger partial charge in [0.2, 0.25) is 0 Å². The van der Waals surface area contributed by atoms with Crippen LogP contribution in [-0.2, 0) is 0 Å². The van der Waals surface area contributed by atoms with E-state index in [4.69, 9.17) is 5.73 Å². The zero-order valence-corrected chi connectivity index (χ0v) is 8.17. The zero-order valence-electron chi connectivity index (χ0n) is 8.17. The van der Waals surface area contributed by atoms with Crippen molar-refractivity contribution in [2.24, 2.45) is 5.73 Å². The minimum Gasteiger partial charge on any atom is -0.387 e. The van der Waals surface area contributed by atoms with Crippen LogP contribution in [0.25, 0.3) is 0 Å². The van der Waals surface area contributed by atoms with Crippen LogP contribution in [0.4, 0.5) is 0 Å². The van der Waals surface area contributed by atoms with E-state index in [0.717, 1.165) is 23.4 Å². The number of nitrogens with zero attached hydrogens (tertiary/aromatic N) is 1. The van der Waals surface area contributed by atoms with E-state index in [9.17, 15) is 5.11 Å². The monoisotopic (exact) mass is 183 g/mol. The third-order valence-electron chi connectivity index (χ3n) is 2.29. The van der Waals surface area contributed by atoms with Crippen LogP contribution in [0.5, 0.6) is 0 Å². The normalized spacial score (nSPS) is 13.2. The van der Waals surface area contributed by atoms with Gasteiger partial charge in [-0.25, -0.2) is 0 Å². The Hall–Kier alpha value is -0.870. The Morgan fingerprint density at radius 2 is 2.23 bits per heavy atom. The molecule has 1 aromatic heterocycles. The smallest absolute Gasteiger partial charge is 0.0981 e. The highest BCUT2D eigenvalue weighted by Gasteiger charge is 2.14. The molecule has 1 heterocycles. The van der Waals surface area contributed by atoms with Gasteiger partial charge in [-0.3, -0.25) is 5.10 Å². The number of rotatable bonds is 4. The van der Waals surface area contributed by atoms with E-state index >= 15 is 0 Å². The van der Waals surface area contributed by atoms with Crippen molar-refractivity contribution in [2.75, 3.05) is 6.54 Å². The zero-order chi connectivity index (χ0) is 9.84. The third kappa shape index (κ3) is 2.29. The molecule has 0 fully saturated rings. The molecule has 4 N–H and O–H groups in total. The van der Waals surface area contributed by atoms with Gasteiger partial charge in [-0.05, 0) is 38.8 Å². The Balaban J connectivity index is 2.65. The van der Waals surface area contributed by atoms with Crippen LogP contribution in [0.3, 0.4) is 0 Å². The van der Waals surface area contributed by atoms with Gasteiger partial charge in [-0.15, -0.1) is 0 Å². The molecular formula is C9H17N3O. The van der Waals surface area contributed by atoms with Gasteiger partial charge in [0.25, 0.3) is 0 Å². The van der Waals surface area contributed by atoms with Crippen molar-refractivity contribution in [1.29, 1.82) is 0 Å². The number of aryl methyl sites for hydroxylation is 1. The maximum absolute atomic E-state index is 9.71. The number of aromatic amines is 1. The molecule has 1 unspecified atom stereocenters. The highest BCUT2D eigenvalue weighted by Crippen LogP contribution is 2.20. The SMILES string of the molecule is Cc1[nH]nc(C(O)CCCN)c1C. The summed E-state index contributed by atoms with van der Waals surface area (Å²) in [6.07, 6.45) is 1.03. The standard InChI is InChI=1S/C9H17N3O/c1-6-7(2)11-12-9(6)8(13)4-3-5-10/h8,13H,3-5,10H2,1-2H3,(H,11,12). The summed E-state index contributed by atoms with van der Waals surface area (Å²) in [5.74, 6) is 0. The van der Waals surface area contributed by atoms with Gasteiger partial charge in [-0.2, -0.15) is 5.10 Å². The number of aliphatic hydroxyl groups excluding tert-OH is 1. The van der Waals surface area contributed by atoms with Crippen molar-refractivity contribution >= 4 is 0 Å². The van der Waals surface area contributed by atoms with Gasteiger partial charge in [0, 0.05) is 5.69 Å². The van der Waals surface area contributed by atoms with E-state index in [1.54, 1.807) is 0 Å². The summed E-state index contributed by atoms with van der Waals surface area (Å²) in [5, 5.41) is 16.6. The summed E-state index contributed by atoms with van der Waals surface area (Å²) < 4.78 is 0. The fraction of sp³-hybridized carbons (Fsp3) is 0.667. The van der Waals surface area contributed by atoms with Gasteiger partial charge in [0.15, 0.2) is 0 Å². The molecular weight excluding hydrogens is 166 g/mol. The molecule has 0 aliphatic rings. The Morgan fingerprint density at radius 1 is 1.54 bits per heavy atom. The lowest BCUT2D eigenvalue weighted by Crippen LogP contribution is -2.05. The van der Waals surface area contributed by atoms with E-state index in [-0.39, 0.29) is 0 Å². The Morgan fingerprint density at radius 3 is 2.69 bits per heavy atom. The lowest BCUT2D eigenvalue weighted by Gasteiger charge is -2.07. The second-order valence-electron chi connectivity index (χ2n) is 3.31. The van der Waals surface area contributed by atoms with Crippen LogP contribution in [0.2, 0.25) is 0 Å². The van der Waals surface area contributed by atoms with Gasteiger partial charge >= 0.3 is 0 Å². The van der Waals surface area contributed by atoms with E-state index in [2.05, 4.69) is 10.2 Å². The highest BCUT2D eigenvalue weighted by atomic mass is 16.3. The number of nitrogens with one attached hydrogen (secondary N) is 1. The first-order valence-corrected chi connectivity index (χ1v) is 4.56. The van der Waals surface area contributed by atoms with E-state index < -0.39 is 6.10 Å². The van der Waals surface area contributed by atoms with Crippen LogP contribution >= 0.6 is 0 Å². The first kappa shape index (κ1) is 10.2. The molecule has 0 radical (unpaired) electrons. The van der Waals surface area contributed by atoms with Crippen molar-refractivity contribution in [1.82, 2.24) is 10.2 Å². The molecule has 0 spiro atoms. The lowest BCUT2D eigenvalue weighted by atomic mass is 10.1. The van der Waals surface area contributed by atoms with E-state index in [1.165, 1.54) is 0 Å². The molecule has 0 saturated heterocycles. The maximum atomic E-state index is 9.71. The van der Waals surface area contributed by atoms with Crippen LogP contribution in [-0.4, -0.2) is 21.8 Å². The van der Waals surface area contributed by atoms with Gasteiger partial charge < -0.3 is 10.8 Å². The fourth-order valence-corrected chi connectivity index (χ4v) is 1.28. The molecule has 0 aliphatic heterocycles. The number of aromatic nitrogens is 2. The van der Waals surface area contributed by atoms with Crippen LogP contribution in [0.1, 0.15) is 35.9 Å². The number of hydrogen-bond acceptors (Lipinski definition) is 3. The Bertz CT molecular complexity index is 270. The van der Waals surface area contributed by atoms with Crippen molar-refractivity contribution in [3.63, 3.8) is 0 Å². The molecule has 0 aromatic carbocycles. The number of nitrogens with two attached hydrogens (primary N) is 1. The quantitative estimate of drug-likeness (QED) is 0.646. The van der Waals surface area contributed by atoms with Crippen molar-refractivity contribution in [2.45, 2.75) is 32.8 Å².